The molecule has 1 N–H and O–H groups in total. The molecule has 1 aromatic heterocycles. The van der Waals surface area contributed by atoms with E-state index in [1.807, 2.05) is 6.20 Å². The third-order valence-corrected chi connectivity index (χ3v) is 4.52. The van der Waals surface area contributed by atoms with Gasteiger partial charge in [0, 0.05) is 23.3 Å². The van der Waals surface area contributed by atoms with Crippen LogP contribution in [0.2, 0.25) is 0 Å². The minimum Gasteiger partial charge on any atom is -0.481 e. The Balaban J connectivity index is 2.32. The Morgan fingerprint density at radius 3 is 2.68 bits per heavy atom. The molecule has 1 aliphatic rings. The van der Waals surface area contributed by atoms with Gasteiger partial charge in [0.2, 0.25) is 0 Å². The van der Waals surface area contributed by atoms with Gasteiger partial charge in [-0.2, -0.15) is 0 Å². The summed E-state index contributed by atoms with van der Waals surface area (Å²) in [4.78, 5) is 15.2. The van der Waals surface area contributed by atoms with Crippen LogP contribution >= 0.6 is 11.8 Å². The Hall–Kier alpha value is -0.970. The van der Waals surface area contributed by atoms with Gasteiger partial charge >= 0.3 is 5.97 Å². The van der Waals surface area contributed by atoms with E-state index in [0.717, 1.165) is 11.1 Å². The van der Waals surface area contributed by atoms with Crippen LogP contribution in [0.1, 0.15) is 52.3 Å². The van der Waals surface area contributed by atoms with Crippen LogP contribution in [0.15, 0.2) is 11.4 Å². The van der Waals surface area contributed by atoms with E-state index in [1.165, 1.54) is 30.3 Å². The molecule has 0 aliphatic heterocycles. The molecule has 106 valence electrons. The molecule has 0 radical (unpaired) electrons. The molecule has 2 rings (SSSR count). The van der Waals surface area contributed by atoms with Crippen LogP contribution in [0, 0.1) is 5.92 Å². The predicted octanol–water partition coefficient (Wildman–Crippen LogP) is 3.33. The van der Waals surface area contributed by atoms with Gasteiger partial charge in [0.15, 0.2) is 5.16 Å². The summed E-state index contributed by atoms with van der Waals surface area (Å²) in [5.41, 5.74) is 1.22. The topological polar surface area (TPSA) is 55.1 Å². The first-order chi connectivity index (χ1) is 8.80. The highest BCUT2D eigenvalue weighted by atomic mass is 32.2. The zero-order chi connectivity index (χ0) is 14.2. The van der Waals surface area contributed by atoms with Crippen molar-refractivity contribution in [1.29, 1.82) is 0 Å². The fraction of sp³-hybridized carbons (Fsp3) is 0.714. The van der Waals surface area contributed by atoms with E-state index < -0.39 is 5.97 Å². The average molecular weight is 282 g/mol. The molecule has 19 heavy (non-hydrogen) atoms. The summed E-state index contributed by atoms with van der Waals surface area (Å²) < 4.78 is 2.26. The number of hydrogen-bond donors (Lipinski definition) is 1. The molecule has 4 nitrogen and oxygen atoms in total. The highest BCUT2D eigenvalue weighted by Crippen LogP contribution is 2.43. The average Bonchev–Trinajstić information content (AvgIpc) is 3.03. The molecule has 0 amide bonds. The lowest BCUT2D eigenvalue weighted by molar-refractivity contribution is -0.133. The number of hydrogen-bond acceptors (Lipinski definition) is 3. The molecule has 1 unspecified atom stereocenters. The minimum atomic E-state index is -0.795. The Labute approximate surface area is 118 Å². The molecule has 1 atom stereocenters. The molecule has 1 fully saturated rings. The molecule has 1 aliphatic carbocycles. The first-order valence-corrected chi connectivity index (χ1v) is 7.71. The van der Waals surface area contributed by atoms with Crippen LogP contribution in [0.3, 0.4) is 0 Å². The fourth-order valence-electron chi connectivity index (χ4n) is 2.31. The summed E-state index contributed by atoms with van der Waals surface area (Å²) >= 11 is 1.32. The van der Waals surface area contributed by atoms with Crippen LogP contribution < -0.4 is 0 Å². The van der Waals surface area contributed by atoms with E-state index in [0.29, 0.717) is 6.04 Å². The maximum atomic E-state index is 10.7. The summed E-state index contributed by atoms with van der Waals surface area (Å²) in [5.74, 6) is -0.00625. The number of carboxylic acid groups (broad SMARTS) is 1. The van der Waals surface area contributed by atoms with Gasteiger partial charge in [-0.15, -0.1) is 0 Å². The van der Waals surface area contributed by atoms with Gasteiger partial charge in [0.1, 0.15) is 0 Å². The van der Waals surface area contributed by atoms with E-state index in [1.54, 1.807) is 0 Å². The lowest BCUT2D eigenvalue weighted by atomic mass is 9.92. The summed E-state index contributed by atoms with van der Waals surface area (Å²) in [5, 5.41) is 9.67. The molecule has 1 heterocycles. The zero-order valence-corrected chi connectivity index (χ0v) is 12.8. The van der Waals surface area contributed by atoms with Gasteiger partial charge in [-0.05, 0) is 25.7 Å². The van der Waals surface area contributed by atoms with Gasteiger partial charge in [-0.25, -0.2) is 4.98 Å². The van der Waals surface area contributed by atoms with Gasteiger partial charge in [-0.1, -0.05) is 32.5 Å². The molecule has 0 bridgehead atoms. The lowest BCUT2D eigenvalue weighted by Gasteiger charge is -2.26. The maximum Gasteiger partial charge on any atom is 0.313 e. The molecule has 5 heteroatoms. The number of aliphatic carboxylic acids is 1. The van der Waals surface area contributed by atoms with Gasteiger partial charge in [0.05, 0.1) is 5.75 Å². The van der Waals surface area contributed by atoms with Crippen LogP contribution in [0.5, 0.6) is 0 Å². The maximum absolute atomic E-state index is 10.7. The number of imidazole rings is 1. The number of rotatable bonds is 5. The van der Waals surface area contributed by atoms with E-state index >= 15 is 0 Å². The van der Waals surface area contributed by atoms with Crippen molar-refractivity contribution < 1.29 is 9.90 Å². The quantitative estimate of drug-likeness (QED) is 0.842. The molecule has 0 spiro atoms. The van der Waals surface area contributed by atoms with E-state index in [9.17, 15) is 4.79 Å². The second kappa shape index (κ2) is 5.19. The smallest absolute Gasteiger partial charge is 0.313 e. The normalized spacial score (nSPS) is 17.5. The third kappa shape index (κ3) is 3.32. The van der Waals surface area contributed by atoms with Crippen LogP contribution in [0.25, 0.3) is 0 Å². The van der Waals surface area contributed by atoms with E-state index in [4.69, 9.17) is 5.11 Å². The lowest BCUT2D eigenvalue weighted by Crippen LogP contribution is -2.21. The van der Waals surface area contributed by atoms with Crippen molar-refractivity contribution in [3.8, 4) is 0 Å². The van der Waals surface area contributed by atoms with E-state index in [2.05, 4.69) is 37.2 Å². The van der Waals surface area contributed by atoms with Crippen LogP contribution in [-0.2, 0) is 10.2 Å². The standard InChI is InChI=1S/C14H22N2O2S/c1-9(10-5-6-10)16-11(14(2,3)4)7-15-13(16)19-8-12(17)18/h7,9-10H,5-6,8H2,1-4H3,(H,17,18). The molecule has 1 aromatic rings. The number of carbonyl (C=O) groups is 1. The van der Waals surface area contributed by atoms with E-state index in [-0.39, 0.29) is 11.2 Å². The van der Waals surface area contributed by atoms with Crippen LogP contribution in [-0.4, -0.2) is 26.4 Å². The zero-order valence-electron chi connectivity index (χ0n) is 12.0. The molecular weight excluding hydrogens is 260 g/mol. The third-order valence-electron chi connectivity index (χ3n) is 3.57. The van der Waals surface area contributed by atoms with Crippen molar-refractivity contribution in [3.63, 3.8) is 0 Å². The Kier molecular flexibility index (Phi) is 3.95. The number of aromatic nitrogens is 2. The SMILES string of the molecule is CC(C1CC1)n1c(C(C)(C)C)cnc1SCC(=O)O. The monoisotopic (exact) mass is 282 g/mol. The first kappa shape index (κ1) is 14.4. The summed E-state index contributed by atoms with van der Waals surface area (Å²) in [6.07, 6.45) is 4.45. The Morgan fingerprint density at radius 1 is 1.58 bits per heavy atom. The van der Waals surface area contributed by atoms with Crippen molar-refractivity contribution >= 4 is 17.7 Å². The second-order valence-corrected chi connectivity index (χ2v) is 7.25. The number of nitrogens with zero attached hydrogens (tertiary/aromatic N) is 2. The first-order valence-electron chi connectivity index (χ1n) is 6.73. The highest BCUT2D eigenvalue weighted by Gasteiger charge is 2.33. The van der Waals surface area contributed by atoms with Crippen molar-refractivity contribution in [2.75, 3.05) is 5.75 Å². The summed E-state index contributed by atoms with van der Waals surface area (Å²) in [6, 6.07) is 0.410. The second-order valence-electron chi connectivity index (χ2n) is 6.31. The molecule has 0 saturated heterocycles. The van der Waals surface area contributed by atoms with Gasteiger partial charge in [-0.3, -0.25) is 4.79 Å². The Bertz CT molecular complexity index is 472. The van der Waals surface area contributed by atoms with Crippen molar-refractivity contribution in [2.24, 2.45) is 5.92 Å². The van der Waals surface area contributed by atoms with Crippen molar-refractivity contribution in [1.82, 2.24) is 9.55 Å². The Morgan fingerprint density at radius 2 is 2.21 bits per heavy atom. The summed E-state index contributed by atoms with van der Waals surface area (Å²) in [7, 11) is 0. The molecule has 1 saturated carbocycles. The fourth-order valence-corrected chi connectivity index (χ4v) is 3.10. The molecular formula is C14H22N2O2S. The van der Waals surface area contributed by atoms with Crippen molar-refractivity contribution in [3.05, 3.63) is 11.9 Å². The summed E-state index contributed by atoms with van der Waals surface area (Å²) in [6.45, 7) is 8.74. The number of carboxylic acids is 1. The van der Waals surface area contributed by atoms with Crippen molar-refractivity contribution in [2.45, 2.75) is 57.1 Å². The van der Waals surface area contributed by atoms with Gasteiger partial charge in [0.25, 0.3) is 0 Å². The minimum absolute atomic E-state index is 0.0260. The van der Waals surface area contributed by atoms with Crippen LogP contribution in [0.4, 0.5) is 0 Å². The number of thioether (sulfide) groups is 1. The van der Waals surface area contributed by atoms with Gasteiger partial charge < -0.3 is 9.67 Å². The highest BCUT2D eigenvalue weighted by molar-refractivity contribution is 7.99. The largest absolute Gasteiger partial charge is 0.481 e. The molecule has 0 aromatic carbocycles. The predicted molar refractivity (Wildman–Crippen MR) is 76.7 cm³/mol.